The van der Waals surface area contributed by atoms with Gasteiger partial charge in [-0.15, -0.1) is 0 Å². The largest absolute Gasteiger partial charge is 0.438 e. The molecule has 18 heteroatoms. The van der Waals surface area contributed by atoms with Gasteiger partial charge in [0.05, 0.1) is 11.1 Å². The van der Waals surface area contributed by atoms with Crippen LogP contribution in [-0.4, -0.2) is 65.3 Å². The van der Waals surface area contributed by atoms with E-state index in [4.69, 9.17) is 10.5 Å². The molecule has 4 atom stereocenters. The number of benzene rings is 3. The maximum atomic E-state index is 15.1. The molecular weight excluding hydrogens is 803 g/mol. The zero-order chi connectivity index (χ0) is 44.0. The average Bonchev–Trinajstić information content (AvgIpc) is 3.54. The van der Waals surface area contributed by atoms with Gasteiger partial charge in [-0.2, -0.15) is 8.78 Å². The molecule has 0 saturated heterocycles. The smallest absolute Gasteiger partial charge is 0.404 e. The third-order valence-electron chi connectivity index (χ3n) is 10.1. The molecule has 2 aliphatic rings. The quantitative estimate of drug-likeness (QED) is 0.0594. The zero-order valence-corrected chi connectivity index (χ0v) is 34.4. The molecule has 1 unspecified atom stereocenters. The van der Waals surface area contributed by atoms with E-state index >= 15 is 8.78 Å². The second-order valence-corrected chi connectivity index (χ2v) is 17.5. The lowest BCUT2D eigenvalue weighted by atomic mass is 9.98. The summed E-state index contributed by atoms with van der Waals surface area (Å²) in [6.45, 7) is 5.05. The standard InChI is InChI=1S/C42H48F2N5O10P/c1-25(27-13-16-30(17-14-27)42(43,44)60(56,57)59-24-58-40(55)41(2,3)4)21-35(51)47-32-18-15-28-11-8-12-29-22-33(49(36(28)29)39(32)54)38(53)48-31(19-20-34(45)50)37(52)46-23-26-9-6-5-7-10-26/h5-14,16-17,21,31-33H,15,18-20,22-24H2,1-4H3,(H2,45,50)(H,46,52)(H,47,51)(H,48,53)(H,56,57)/b25-21+/t31-,32-,33-/m0/s1. The highest BCUT2D eigenvalue weighted by molar-refractivity contribution is 7.53. The van der Waals surface area contributed by atoms with E-state index in [9.17, 15) is 38.2 Å². The Bertz CT molecular complexity index is 2210. The van der Waals surface area contributed by atoms with Crippen molar-refractivity contribution in [1.29, 1.82) is 0 Å². The van der Waals surface area contributed by atoms with E-state index in [1.807, 2.05) is 42.5 Å². The maximum absolute atomic E-state index is 15.1. The van der Waals surface area contributed by atoms with Crippen LogP contribution in [0.1, 0.15) is 74.8 Å². The van der Waals surface area contributed by atoms with Crippen molar-refractivity contribution in [3.8, 4) is 0 Å². The number of para-hydroxylation sites is 1. The van der Waals surface area contributed by atoms with Crippen LogP contribution in [0.5, 0.6) is 0 Å². The Morgan fingerprint density at radius 2 is 1.67 bits per heavy atom. The Hall–Kier alpha value is -5.77. The first-order valence-corrected chi connectivity index (χ1v) is 20.7. The average molecular weight is 852 g/mol. The van der Waals surface area contributed by atoms with E-state index in [-0.39, 0.29) is 32.2 Å². The van der Waals surface area contributed by atoms with Crippen molar-refractivity contribution in [2.45, 2.75) is 90.1 Å². The fourth-order valence-electron chi connectivity index (χ4n) is 6.75. The molecule has 0 bridgehead atoms. The second kappa shape index (κ2) is 18.7. The van der Waals surface area contributed by atoms with Crippen LogP contribution in [0.4, 0.5) is 14.5 Å². The Labute approximate surface area is 345 Å². The predicted octanol–water partition coefficient (Wildman–Crippen LogP) is 4.34. The molecule has 2 heterocycles. The van der Waals surface area contributed by atoms with Gasteiger partial charge >= 0.3 is 19.2 Å². The van der Waals surface area contributed by atoms with Gasteiger partial charge in [-0.3, -0.25) is 42.8 Å². The van der Waals surface area contributed by atoms with Gasteiger partial charge in [0.2, 0.25) is 36.3 Å². The fourth-order valence-corrected chi connectivity index (χ4v) is 7.58. The number of carbonyl (C=O) groups is 6. The summed E-state index contributed by atoms with van der Waals surface area (Å²) in [5.74, 6) is -3.91. The lowest BCUT2D eigenvalue weighted by Crippen LogP contribution is -2.57. The Morgan fingerprint density at radius 3 is 2.32 bits per heavy atom. The van der Waals surface area contributed by atoms with Crippen LogP contribution in [0.2, 0.25) is 0 Å². The Balaban J connectivity index is 1.27. The van der Waals surface area contributed by atoms with Crippen LogP contribution in [0.15, 0.2) is 78.9 Å². The van der Waals surface area contributed by atoms with Gasteiger partial charge in [-0.05, 0) is 74.8 Å². The highest BCUT2D eigenvalue weighted by Gasteiger charge is 2.53. The maximum Gasteiger partial charge on any atom is 0.404 e. The molecule has 3 aromatic rings. The van der Waals surface area contributed by atoms with Crippen LogP contribution in [0.3, 0.4) is 0 Å². The SMILES string of the molecule is C/C(=C\C(=O)N[C@H]1CCc2cccc3c2N(C1=O)[C@H](C(=O)N[C@@H](CCC(N)=O)C(=O)NCc1ccccc1)C3)c1ccc(C(F)(F)P(=O)(O)OCOC(=O)C(C)(C)C)cc1. The number of nitrogens with zero attached hydrogens (tertiary/aromatic N) is 1. The van der Waals surface area contributed by atoms with Gasteiger partial charge in [0.25, 0.3) is 0 Å². The number of ether oxygens (including phenoxy) is 1. The number of hydrogen-bond acceptors (Lipinski definition) is 9. The number of allylic oxidation sites excluding steroid dienone is 1. The third kappa shape index (κ3) is 10.7. The molecule has 0 saturated carbocycles. The van der Waals surface area contributed by atoms with Crippen molar-refractivity contribution in [2.75, 3.05) is 11.7 Å². The number of esters is 1. The van der Waals surface area contributed by atoms with Gasteiger partial charge in [0.15, 0.2) is 0 Å². The molecule has 6 N–H and O–H groups in total. The van der Waals surface area contributed by atoms with Crippen molar-refractivity contribution in [1.82, 2.24) is 16.0 Å². The normalized spacial score (nSPS) is 18.0. The molecule has 320 valence electrons. The first-order valence-electron chi connectivity index (χ1n) is 19.2. The summed E-state index contributed by atoms with van der Waals surface area (Å²) in [6.07, 6.45) is 1.60. The van der Waals surface area contributed by atoms with E-state index < -0.39 is 84.7 Å². The monoisotopic (exact) mass is 851 g/mol. The highest BCUT2D eigenvalue weighted by Crippen LogP contribution is 2.63. The van der Waals surface area contributed by atoms with Crippen molar-refractivity contribution < 1.29 is 56.3 Å². The predicted molar refractivity (Wildman–Crippen MR) is 216 cm³/mol. The molecule has 2 aliphatic heterocycles. The number of halogens is 2. The number of aryl methyl sites for hydroxylation is 1. The molecule has 0 spiro atoms. The van der Waals surface area contributed by atoms with Gasteiger partial charge < -0.3 is 31.3 Å². The van der Waals surface area contributed by atoms with E-state index in [0.29, 0.717) is 23.2 Å². The minimum Gasteiger partial charge on any atom is -0.438 e. The van der Waals surface area contributed by atoms with E-state index in [1.165, 1.54) is 50.8 Å². The topological polar surface area (TPSA) is 224 Å². The summed E-state index contributed by atoms with van der Waals surface area (Å²) in [7, 11) is -5.67. The molecule has 0 aliphatic carbocycles. The van der Waals surface area contributed by atoms with Gasteiger partial charge in [-0.25, -0.2) is 0 Å². The molecule has 3 aromatic carbocycles. The first-order chi connectivity index (χ1) is 28.2. The number of nitrogens with one attached hydrogen (secondary N) is 3. The van der Waals surface area contributed by atoms with Gasteiger partial charge in [0.1, 0.15) is 18.1 Å². The van der Waals surface area contributed by atoms with Crippen LogP contribution < -0.4 is 26.6 Å². The number of rotatable bonds is 16. The Kier molecular flexibility index (Phi) is 14.1. The van der Waals surface area contributed by atoms with Crippen LogP contribution >= 0.6 is 7.60 Å². The lowest BCUT2D eigenvalue weighted by molar-refractivity contribution is -0.160. The van der Waals surface area contributed by atoms with E-state index in [1.54, 1.807) is 6.07 Å². The number of nitrogens with two attached hydrogens (primary N) is 1. The van der Waals surface area contributed by atoms with Gasteiger partial charge in [-0.1, -0.05) is 72.8 Å². The van der Waals surface area contributed by atoms with E-state index in [0.717, 1.165) is 28.8 Å². The summed E-state index contributed by atoms with van der Waals surface area (Å²) < 4.78 is 51.8. The number of anilines is 1. The van der Waals surface area contributed by atoms with Crippen molar-refractivity contribution in [3.05, 3.63) is 107 Å². The van der Waals surface area contributed by atoms with Crippen molar-refractivity contribution in [2.24, 2.45) is 11.1 Å². The van der Waals surface area contributed by atoms with E-state index in [2.05, 4.69) is 20.5 Å². The summed E-state index contributed by atoms with van der Waals surface area (Å²) in [6, 6.07) is 15.4. The lowest BCUT2D eigenvalue weighted by Gasteiger charge is -2.29. The first kappa shape index (κ1) is 45.3. The van der Waals surface area contributed by atoms with Gasteiger partial charge in [0, 0.05) is 31.0 Å². The summed E-state index contributed by atoms with van der Waals surface area (Å²) in [5.41, 5.74) is 2.61. The highest BCUT2D eigenvalue weighted by atomic mass is 31.2. The van der Waals surface area contributed by atoms with Crippen molar-refractivity contribution in [3.63, 3.8) is 0 Å². The van der Waals surface area contributed by atoms with Crippen molar-refractivity contribution >= 4 is 54.4 Å². The third-order valence-corrected chi connectivity index (χ3v) is 11.5. The number of carbonyl (C=O) groups excluding carboxylic acids is 6. The van der Waals surface area contributed by atoms with Crippen LogP contribution in [0.25, 0.3) is 5.57 Å². The molecule has 15 nitrogen and oxygen atoms in total. The molecule has 0 fully saturated rings. The minimum absolute atomic E-state index is 0.0802. The number of hydrogen-bond donors (Lipinski definition) is 5. The molecule has 5 rings (SSSR count). The number of alkyl halides is 2. The zero-order valence-electron chi connectivity index (χ0n) is 33.5. The van der Waals surface area contributed by atoms with Crippen LogP contribution in [0, 0.1) is 5.41 Å². The minimum atomic E-state index is -5.67. The molecule has 0 aromatic heterocycles. The van der Waals surface area contributed by atoms with Crippen LogP contribution in [-0.2, 0) is 67.6 Å². The number of primary amides is 1. The molecule has 5 amide bonds. The Morgan fingerprint density at radius 1 is 1.00 bits per heavy atom. The summed E-state index contributed by atoms with van der Waals surface area (Å²) >= 11 is 0. The molecular formula is C42H48F2N5O10P. The summed E-state index contributed by atoms with van der Waals surface area (Å²) in [5, 5.41) is 8.21. The fraction of sp³-hybridized carbons (Fsp3) is 0.381. The summed E-state index contributed by atoms with van der Waals surface area (Å²) in [4.78, 5) is 89.8. The molecule has 60 heavy (non-hydrogen) atoms. The number of amides is 5. The molecule has 0 radical (unpaired) electrons. The second-order valence-electron chi connectivity index (χ2n) is 15.6.